The van der Waals surface area contributed by atoms with Gasteiger partial charge in [-0.2, -0.15) is 0 Å². The summed E-state index contributed by atoms with van der Waals surface area (Å²) in [6.45, 7) is 3.61. The van der Waals surface area contributed by atoms with Crippen LogP contribution in [0.4, 0.5) is 0 Å². The van der Waals surface area contributed by atoms with Crippen molar-refractivity contribution < 1.29 is 9.53 Å². The Hall–Kier alpha value is -4.01. The highest BCUT2D eigenvalue weighted by molar-refractivity contribution is 5.97. The van der Waals surface area contributed by atoms with E-state index in [1.165, 1.54) is 5.56 Å². The van der Waals surface area contributed by atoms with E-state index in [0.29, 0.717) is 42.4 Å². The van der Waals surface area contributed by atoms with Gasteiger partial charge in [0.1, 0.15) is 11.6 Å². The van der Waals surface area contributed by atoms with E-state index in [2.05, 4.69) is 15.3 Å². The molecule has 4 aromatic rings. The molecule has 1 N–H and O–H groups in total. The monoisotopic (exact) mass is 458 g/mol. The minimum absolute atomic E-state index is 0.0864. The summed E-state index contributed by atoms with van der Waals surface area (Å²) in [6, 6.07) is 15.3. The normalized spacial score (nSPS) is 16.1. The minimum Gasteiger partial charge on any atom is -0.496 e. The third-order valence-electron chi connectivity index (χ3n) is 6.28. The fourth-order valence-corrected chi connectivity index (χ4v) is 4.43. The maximum atomic E-state index is 13.2. The molecule has 0 radical (unpaired) electrons. The number of H-pyrrole nitrogens is 1. The molecule has 1 aliphatic heterocycles. The van der Waals surface area contributed by atoms with Crippen molar-refractivity contribution in [3.8, 4) is 5.75 Å². The first kappa shape index (κ1) is 21.8. The first-order chi connectivity index (χ1) is 16.5. The van der Waals surface area contributed by atoms with Crippen LogP contribution in [0.3, 0.4) is 0 Å². The molecule has 1 saturated heterocycles. The van der Waals surface area contributed by atoms with Gasteiger partial charge in [0.2, 0.25) is 0 Å². The van der Waals surface area contributed by atoms with Gasteiger partial charge in [0.05, 0.1) is 19.2 Å². The van der Waals surface area contributed by atoms with Crippen LogP contribution in [-0.2, 0) is 6.54 Å². The molecule has 0 bridgehead atoms. The maximum Gasteiger partial charge on any atom is 0.281 e. The number of methoxy groups -OCH3 is 1. The van der Waals surface area contributed by atoms with E-state index in [9.17, 15) is 9.59 Å². The number of amides is 1. The predicted octanol–water partition coefficient (Wildman–Crippen LogP) is 2.90. The second-order valence-corrected chi connectivity index (χ2v) is 8.65. The number of ether oxygens (including phenoxy) is 1. The number of benzene rings is 2. The van der Waals surface area contributed by atoms with Crippen molar-refractivity contribution in [2.24, 2.45) is 0 Å². The molecule has 1 amide bonds. The first-order valence-corrected chi connectivity index (χ1v) is 11.3. The first-order valence-electron chi connectivity index (χ1n) is 11.3. The Morgan fingerprint density at radius 3 is 2.76 bits per heavy atom. The average molecular weight is 459 g/mol. The second-order valence-electron chi connectivity index (χ2n) is 8.65. The highest BCUT2D eigenvalue weighted by atomic mass is 16.5. The van der Waals surface area contributed by atoms with Crippen LogP contribution < -0.4 is 10.3 Å². The zero-order valence-corrected chi connectivity index (χ0v) is 19.2. The van der Waals surface area contributed by atoms with E-state index in [0.717, 1.165) is 18.4 Å². The van der Waals surface area contributed by atoms with E-state index in [-0.39, 0.29) is 22.9 Å². The van der Waals surface area contributed by atoms with Gasteiger partial charge >= 0.3 is 0 Å². The van der Waals surface area contributed by atoms with Crippen LogP contribution in [0.1, 0.15) is 46.1 Å². The highest BCUT2D eigenvalue weighted by Crippen LogP contribution is 2.28. The Kier molecular flexibility index (Phi) is 5.83. The molecule has 34 heavy (non-hydrogen) atoms. The lowest BCUT2D eigenvalue weighted by molar-refractivity contribution is 0.0701. The Bertz CT molecular complexity index is 1390. The molecule has 1 fully saturated rings. The number of carbonyl (C=O) groups excluding carboxylic acids is 1. The molecule has 9 nitrogen and oxygen atoms in total. The summed E-state index contributed by atoms with van der Waals surface area (Å²) in [5, 5.41) is 8.22. The van der Waals surface area contributed by atoms with Crippen LogP contribution in [0.2, 0.25) is 0 Å². The van der Waals surface area contributed by atoms with Gasteiger partial charge in [-0.25, -0.2) is 9.67 Å². The fraction of sp³-hybridized carbons (Fsp3) is 0.320. The summed E-state index contributed by atoms with van der Waals surface area (Å²) in [7, 11) is 1.56. The van der Waals surface area contributed by atoms with E-state index in [1.807, 2.05) is 43.3 Å². The van der Waals surface area contributed by atoms with Gasteiger partial charge in [-0.15, -0.1) is 5.10 Å². The summed E-state index contributed by atoms with van der Waals surface area (Å²) in [5.74, 6) is 0.931. The van der Waals surface area contributed by atoms with Gasteiger partial charge in [0.15, 0.2) is 11.2 Å². The van der Waals surface area contributed by atoms with Crippen molar-refractivity contribution in [2.45, 2.75) is 32.2 Å². The number of rotatable bonds is 5. The number of fused-ring (bicyclic) bond motifs is 1. The molecular weight excluding hydrogens is 432 g/mol. The smallest absolute Gasteiger partial charge is 0.281 e. The van der Waals surface area contributed by atoms with Crippen molar-refractivity contribution >= 4 is 17.1 Å². The third kappa shape index (κ3) is 4.16. The Morgan fingerprint density at radius 1 is 1.18 bits per heavy atom. The van der Waals surface area contributed by atoms with Crippen LogP contribution in [0.15, 0.2) is 53.3 Å². The number of aromatic nitrogens is 5. The van der Waals surface area contributed by atoms with Crippen LogP contribution in [0.25, 0.3) is 11.2 Å². The van der Waals surface area contributed by atoms with Gasteiger partial charge in [-0.3, -0.25) is 9.59 Å². The van der Waals surface area contributed by atoms with Crippen molar-refractivity contribution in [1.29, 1.82) is 0 Å². The molecule has 1 unspecified atom stereocenters. The fourth-order valence-electron chi connectivity index (χ4n) is 4.43. The van der Waals surface area contributed by atoms with Crippen LogP contribution in [0.5, 0.6) is 5.75 Å². The van der Waals surface area contributed by atoms with E-state index in [4.69, 9.17) is 9.72 Å². The lowest BCUT2D eigenvalue weighted by Gasteiger charge is -2.32. The topological polar surface area (TPSA) is 106 Å². The summed E-state index contributed by atoms with van der Waals surface area (Å²) in [5.41, 5.74) is 3.10. The van der Waals surface area contributed by atoms with Crippen LogP contribution in [0, 0.1) is 6.92 Å². The molecule has 0 aliphatic carbocycles. The van der Waals surface area contributed by atoms with Crippen molar-refractivity contribution in [3.63, 3.8) is 0 Å². The van der Waals surface area contributed by atoms with Crippen molar-refractivity contribution in [3.05, 3.63) is 81.4 Å². The maximum absolute atomic E-state index is 13.2. The molecule has 2 aromatic carbocycles. The molecule has 0 saturated carbocycles. The molecule has 0 spiro atoms. The molecule has 3 heterocycles. The van der Waals surface area contributed by atoms with Crippen LogP contribution >= 0.6 is 0 Å². The number of hydrogen-bond donors (Lipinski definition) is 1. The van der Waals surface area contributed by atoms with E-state index < -0.39 is 0 Å². The average Bonchev–Trinajstić information content (AvgIpc) is 3.28. The largest absolute Gasteiger partial charge is 0.496 e. The molecule has 2 aromatic heterocycles. The Morgan fingerprint density at radius 2 is 1.97 bits per heavy atom. The number of para-hydroxylation sites is 1. The second kappa shape index (κ2) is 9.09. The molecule has 174 valence electrons. The minimum atomic E-state index is -0.316. The van der Waals surface area contributed by atoms with E-state index >= 15 is 0 Å². The third-order valence-corrected chi connectivity index (χ3v) is 6.28. The molecule has 1 aliphatic rings. The number of nitrogens with one attached hydrogen (secondary N) is 1. The highest BCUT2D eigenvalue weighted by Gasteiger charge is 2.29. The van der Waals surface area contributed by atoms with Gasteiger partial charge in [0, 0.05) is 19.0 Å². The number of carbonyl (C=O) groups is 1. The van der Waals surface area contributed by atoms with Crippen molar-refractivity contribution in [1.82, 2.24) is 29.9 Å². The number of piperidine rings is 1. The van der Waals surface area contributed by atoms with Gasteiger partial charge in [-0.05, 0) is 37.5 Å². The van der Waals surface area contributed by atoms with Gasteiger partial charge in [-0.1, -0.05) is 47.2 Å². The summed E-state index contributed by atoms with van der Waals surface area (Å²) < 4.78 is 7.02. The molecule has 9 heteroatoms. The zero-order chi connectivity index (χ0) is 23.7. The summed E-state index contributed by atoms with van der Waals surface area (Å²) >= 11 is 0. The summed E-state index contributed by atoms with van der Waals surface area (Å²) in [6.07, 6.45) is 1.64. The number of hydrogen-bond acceptors (Lipinski definition) is 6. The molecule has 1 atom stereocenters. The van der Waals surface area contributed by atoms with Crippen LogP contribution in [-0.4, -0.2) is 56.0 Å². The van der Waals surface area contributed by atoms with Gasteiger partial charge in [0.25, 0.3) is 11.5 Å². The molecular formula is C25H26N6O3. The quantitative estimate of drug-likeness (QED) is 0.493. The number of likely N-dealkylation sites (tertiary alicyclic amines) is 1. The Balaban J connectivity index is 1.42. The zero-order valence-electron chi connectivity index (χ0n) is 19.2. The lowest BCUT2D eigenvalue weighted by atomic mass is 9.96. The number of aryl methyl sites for hydroxylation is 1. The number of aromatic amines is 1. The van der Waals surface area contributed by atoms with E-state index in [1.54, 1.807) is 28.8 Å². The Labute approximate surface area is 196 Å². The number of nitrogens with zero attached hydrogens (tertiary/aromatic N) is 5. The summed E-state index contributed by atoms with van der Waals surface area (Å²) in [4.78, 5) is 35.4. The lowest BCUT2D eigenvalue weighted by Crippen LogP contribution is -2.40. The standard InChI is InChI=1S/C25H26N6O3/c1-16-9-11-17(12-10-16)14-31-23-21(28-29-31)24(32)27-22(26-23)18-6-5-13-30(15-18)25(33)19-7-3-4-8-20(19)34-2/h3-4,7-12,18H,5-6,13-15H2,1-2H3,(H,26,27,32). The SMILES string of the molecule is COc1ccccc1C(=O)N1CCCC(c2nc3c(nnn3Cc3ccc(C)cc3)c(=O)[nH]2)C1. The molecule has 5 rings (SSSR count). The van der Waals surface area contributed by atoms with Crippen molar-refractivity contribution in [2.75, 3.05) is 20.2 Å². The predicted molar refractivity (Wildman–Crippen MR) is 127 cm³/mol. The van der Waals surface area contributed by atoms with Gasteiger partial charge < -0.3 is 14.6 Å².